The molecule has 12 aromatic carbocycles. The van der Waals surface area contributed by atoms with E-state index in [0.29, 0.717) is 34.2 Å². The lowest BCUT2D eigenvalue weighted by Crippen LogP contribution is -2.06. The lowest BCUT2D eigenvalue weighted by atomic mass is 9.97. The first-order valence-electron chi connectivity index (χ1n) is 28.3. The summed E-state index contributed by atoms with van der Waals surface area (Å²) in [6.45, 7) is 0. The van der Waals surface area contributed by atoms with Gasteiger partial charge in [-0.3, -0.25) is 0 Å². The minimum atomic E-state index is 0.427. The number of hydrogen-bond acceptors (Lipinski definition) is 6. The standard InChI is InChI=1S/C78H46N8/c79-47-50-16-13-23-55(40-50)59-32-36-66(74(45-59)85-70-30-11-9-27-63(70)68-43-57(34-38-72(68)85)53-19-3-1-4-20-53)77-82-76(65-29-8-7-26-62(65)61-25-15-18-52(42-61)49-81)83-78(84-77)67-37-33-60(56-24-14-17-51(41-56)48-80)46-75(67)86-71-31-12-10-28-64(71)69-44-58(35-39-73(69)86)54-21-5-2-6-22-54/h1-46H. The van der Waals surface area contributed by atoms with Gasteiger partial charge < -0.3 is 9.13 Å². The average Bonchev–Trinajstić information content (AvgIpc) is 1.63. The van der Waals surface area contributed by atoms with Crippen molar-refractivity contribution in [2.75, 3.05) is 0 Å². The number of nitrogens with zero attached hydrogens (tertiary/aromatic N) is 8. The molecule has 0 fully saturated rings. The molecule has 0 amide bonds. The number of aromatic nitrogens is 5. The van der Waals surface area contributed by atoms with Crippen LogP contribution in [0, 0.1) is 34.0 Å². The molecular formula is C78H46N8. The Bertz CT molecular complexity index is 5060. The zero-order valence-electron chi connectivity index (χ0n) is 46.1. The van der Waals surface area contributed by atoms with Gasteiger partial charge in [0.05, 0.1) is 68.3 Å². The van der Waals surface area contributed by atoms with E-state index in [1.54, 1.807) is 0 Å². The summed E-state index contributed by atoms with van der Waals surface area (Å²) >= 11 is 0. The average molecular weight is 1100 g/mol. The van der Waals surface area contributed by atoms with Crippen molar-refractivity contribution < 1.29 is 0 Å². The van der Waals surface area contributed by atoms with Gasteiger partial charge >= 0.3 is 0 Å². The van der Waals surface area contributed by atoms with Crippen LogP contribution in [0.4, 0.5) is 0 Å². The molecule has 0 bridgehead atoms. The number of fused-ring (bicyclic) bond motifs is 6. The highest BCUT2D eigenvalue weighted by Gasteiger charge is 2.25. The fourth-order valence-corrected chi connectivity index (χ4v) is 12.2. The van der Waals surface area contributed by atoms with Crippen LogP contribution in [0.3, 0.4) is 0 Å². The monoisotopic (exact) mass is 1090 g/mol. The summed E-state index contributed by atoms with van der Waals surface area (Å²) in [4.78, 5) is 16.8. The maximum atomic E-state index is 10.1. The highest BCUT2D eigenvalue weighted by molar-refractivity contribution is 6.12. The summed E-state index contributed by atoms with van der Waals surface area (Å²) < 4.78 is 4.63. The zero-order chi connectivity index (χ0) is 57.7. The van der Waals surface area contributed by atoms with Crippen molar-refractivity contribution in [2.24, 2.45) is 0 Å². The molecule has 0 saturated heterocycles. The first-order valence-corrected chi connectivity index (χ1v) is 28.3. The van der Waals surface area contributed by atoms with Crippen molar-refractivity contribution in [3.63, 3.8) is 0 Å². The Labute approximate surface area is 495 Å². The number of rotatable bonds is 10. The molecular weight excluding hydrogens is 1050 g/mol. The van der Waals surface area contributed by atoms with Gasteiger partial charge in [-0.25, -0.2) is 15.0 Å². The van der Waals surface area contributed by atoms with Gasteiger partial charge in [-0.05, 0) is 153 Å². The number of nitriles is 3. The van der Waals surface area contributed by atoms with Gasteiger partial charge in [-0.15, -0.1) is 0 Å². The summed E-state index contributed by atoms with van der Waals surface area (Å²) in [5.74, 6) is 1.29. The normalized spacial score (nSPS) is 11.2. The maximum Gasteiger partial charge on any atom is 0.166 e. The molecule has 0 aliphatic heterocycles. The van der Waals surface area contributed by atoms with Gasteiger partial charge in [-0.1, -0.05) is 182 Å². The maximum absolute atomic E-state index is 10.1. The number of hydrogen-bond donors (Lipinski definition) is 0. The van der Waals surface area contributed by atoms with Crippen LogP contribution < -0.4 is 0 Å². The van der Waals surface area contributed by atoms with Crippen molar-refractivity contribution in [1.29, 1.82) is 15.8 Å². The predicted molar refractivity (Wildman–Crippen MR) is 346 cm³/mol. The molecule has 0 aliphatic rings. The van der Waals surface area contributed by atoms with Crippen LogP contribution in [0.25, 0.3) is 145 Å². The molecule has 3 aromatic heterocycles. The van der Waals surface area contributed by atoms with Crippen molar-refractivity contribution in [3.05, 3.63) is 296 Å². The smallest absolute Gasteiger partial charge is 0.166 e. The highest BCUT2D eigenvalue weighted by atomic mass is 15.1. The molecule has 86 heavy (non-hydrogen) atoms. The Kier molecular flexibility index (Phi) is 12.5. The molecule has 398 valence electrons. The highest BCUT2D eigenvalue weighted by Crippen LogP contribution is 2.44. The third kappa shape index (κ3) is 8.90. The minimum Gasteiger partial charge on any atom is -0.308 e. The molecule has 8 heteroatoms. The molecule has 15 aromatic rings. The second-order valence-corrected chi connectivity index (χ2v) is 21.3. The third-order valence-electron chi connectivity index (χ3n) is 16.3. The first kappa shape index (κ1) is 50.7. The van der Waals surface area contributed by atoms with Crippen LogP contribution >= 0.6 is 0 Å². The van der Waals surface area contributed by atoms with Gasteiger partial charge in [0.2, 0.25) is 0 Å². The van der Waals surface area contributed by atoms with E-state index in [2.05, 4.69) is 197 Å². The summed E-state index contributed by atoms with van der Waals surface area (Å²) in [6.07, 6.45) is 0. The van der Waals surface area contributed by atoms with Gasteiger partial charge in [0, 0.05) is 38.2 Å². The van der Waals surface area contributed by atoms with Gasteiger partial charge in [0.15, 0.2) is 17.5 Å². The molecule has 0 atom stereocenters. The lowest BCUT2D eigenvalue weighted by molar-refractivity contribution is 1.06. The lowest BCUT2D eigenvalue weighted by Gasteiger charge is -2.19. The van der Waals surface area contributed by atoms with Crippen LogP contribution in [-0.2, 0) is 0 Å². The molecule has 8 nitrogen and oxygen atoms in total. The quantitative estimate of drug-likeness (QED) is 0.135. The Morgan fingerprint density at radius 1 is 0.233 bits per heavy atom. The Hall–Kier alpha value is -12.3. The third-order valence-corrected chi connectivity index (χ3v) is 16.3. The van der Waals surface area contributed by atoms with E-state index in [1.807, 2.05) is 109 Å². The summed E-state index contributed by atoms with van der Waals surface area (Å²) in [6, 6.07) is 102. The topological polar surface area (TPSA) is 120 Å². The first-order chi connectivity index (χ1) is 42.5. The summed E-state index contributed by atoms with van der Waals surface area (Å²) in [5.41, 5.74) is 19.3. The molecule has 15 rings (SSSR count). The van der Waals surface area contributed by atoms with Crippen LogP contribution in [0.15, 0.2) is 279 Å². The van der Waals surface area contributed by atoms with E-state index < -0.39 is 0 Å². The molecule has 0 saturated carbocycles. The number of benzene rings is 12. The van der Waals surface area contributed by atoms with Crippen LogP contribution in [0.1, 0.15) is 16.7 Å². The van der Waals surface area contributed by atoms with Crippen molar-refractivity contribution in [2.45, 2.75) is 0 Å². The van der Waals surface area contributed by atoms with Crippen LogP contribution in [0.2, 0.25) is 0 Å². The summed E-state index contributed by atoms with van der Waals surface area (Å²) in [5, 5.41) is 34.8. The van der Waals surface area contributed by atoms with E-state index in [1.165, 1.54) is 0 Å². The second-order valence-electron chi connectivity index (χ2n) is 21.3. The van der Waals surface area contributed by atoms with Crippen molar-refractivity contribution in [3.8, 4) is 119 Å². The second kappa shape index (κ2) is 21.2. The van der Waals surface area contributed by atoms with Gasteiger partial charge in [0.1, 0.15) is 0 Å². The molecule has 3 heterocycles. The zero-order valence-corrected chi connectivity index (χ0v) is 46.1. The number of para-hydroxylation sites is 2. The Balaban J connectivity index is 1.04. The fraction of sp³-hybridized carbons (Fsp3) is 0. The van der Waals surface area contributed by atoms with Crippen LogP contribution in [0.5, 0.6) is 0 Å². The Morgan fingerprint density at radius 2 is 0.570 bits per heavy atom. The van der Waals surface area contributed by atoms with E-state index >= 15 is 0 Å². The molecule has 0 radical (unpaired) electrons. The van der Waals surface area contributed by atoms with E-state index in [9.17, 15) is 15.8 Å². The van der Waals surface area contributed by atoms with Gasteiger partial charge in [-0.2, -0.15) is 15.8 Å². The SMILES string of the molecule is N#Cc1cccc(-c2ccc(-c3nc(-c4ccccc4-c4cccc(C#N)c4)nc(-c4ccc(-c5cccc(C#N)c5)cc4-n4c5ccccc5c5cc(-c6ccccc6)ccc54)n3)c(-n3c4ccccc4c4cc(-c5ccccc5)ccc43)c2)c1. The van der Waals surface area contributed by atoms with Crippen LogP contribution in [-0.4, -0.2) is 24.1 Å². The molecule has 0 unspecified atom stereocenters. The van der Waals surface area contributed by atoms with Crippen molar-refractivity contribution in [1.82, 2.24) is 24.1 Å². The molecule has 0 aliphatic carbocycles. The van der Waals surface area contributed by atoms with Crippen molar-refractivity contribution >= 4 is 43.6 Å². The predicted octanol–water partition coefficient (Wildman–Crippen LogP) is 19.0. The minimum absolute atomic E-state index is 0.427. The summed E-state index contributed by atoms with van der Waals surface area (Å²) in [7, 11) is 0. The molecule has 0 N–H and O–H groups in total. The fourth-order valence-electron chi connectivity index (χ4n) is 12.2. The van der Waals surface area contributed by atoms with Gasteiger partial charge in [0.25, 0.3) is 0 Å². The van der Waals surface area contributed by atoms with E-state index in [4.69, 9.17) is 15.0 Å². The largest absolute Gasteiger partial charge is 0.308 e. The van der Waals surface area contributed by atoms with E-state index in [-0.39, 0.29) is 0 Å². The van der Waals surface area contributed by atoms with E-state index in [0.717, 1.165) is 127 Å². The Morgan fingerprint density at radius 3 is 1.03 bits per heavy atom. The molecule has 0 spiro atoms.